The van der Waals surface area contributed by atoms with E-state index in [9.17, 15) is 0 Å². The Morgan fingerprint density at radius 2 is 2.10 bits per heavy atom. The zero-order valence-corrected chi connectivity index (χ0v) is 14.1. The fourth-order valence-electron chi connectivity index (χ4n) is 3.48. The van der Waals surface area contributed by atoms with Crippen molar-refractivity contribution in [1.29, 1.82) is 0 Å². The standard InChI is InChI=1S/C19H31NO/c1-5-20-19(18-10-9-15(3)11-16(18)4)13-21-17-8-6-7-14(2)12-17/h9-11,14,17,19-20H,5-8,12-13H2,1-4H3. The van der Waals surface area contributed by atoms with Gasteiger partial charge in [-0.05, 0) is 50.3 Å². The highest BCUT2D eigenvalue weighted by molar-refractivity contribution is 5.32. The molecule has 1 saturated carbocycles. The molecule has 0 aliphatic heterocycles. The molecule has 1 N–H and O–H groups in total. The van der Waals surface area contributed by atoms with Gasteiger partial charge in [-0.2, -0.15) is 0 Å². The molecule has 3 unspecified atom stereocenters. The van der Waals surface area contributed by atoms with E-state index in [-0.39, 0.29) is 0 Å². The van der Waals surface area contributed by atoms with Crippen molar-refractivity contribution in [1.82, 2.24) is 5.32 Å². The second kappa shape index (κ2) is 7.95. The monoisotopic (exact) mass is 289 g/mol. The van der Waals surface area contributed by atoms with E-state index in [2.05, 4.69) is 51.2 Å². The molecule has 2 heteroatoms. The minimum atomic E-state index is 0.313. The maximum atomic E-state index is 6.25. The lowest BCUT2D eigenvalue weighted by atomic mass is 9.88. The Labute approximate surface area is 130 Å². The van der Waals surface area contributed by atoms with E-state index < -0.39 is 0 Å². The second-order valence-electron chi connectivity index (χ2n) is 6.70. The number of rotatable bonds is 6. The van der Waals surface area contributed by atoms with Crippen molar-refractivity contribution >= 4 is 0 Å². The molecular weight excluding hydrogens is 258 g/mol. The van der Waals surface area contributed by atoms with Gasteiger partial charge in [0.05, 0.1) is 18.8 Å². The fourth-order valence-corrected chi connectivity index (χ4v) is 3.48. The number of hydrogen-bond acceptors (Lipinski definition) is 2. The number of benzene rings is 1. The maximum absolute atomic E-state index is 6.25. The van der Waals surface area contributed by atoms with Crippen LogP contribution in [0, 0.1) is 19.8 Å². The minimum absolute atomic E-state index is 0.313. The van der Waals surface area contributed by atoms with Crippen molar-refractivity contribution in [2.24, 2.45) is 5.92 Å². The predicted molar refractivity (Wildman–Crippen MR) is 89.7 cm³/mol. The topological polar surface area (TPSA) is 21.3 Å². The third kappa shape index (κ3) is 4.82. The molecule has 0 saturated heterocycles. The zero-order chi connectivity index (χ0) is 15.2. The van der Waals surface area contributed by atoms with Crippen LogP contribution in [0.5, 0.6) is 0 Å². The summed E-state index contributed by atoms with van der Waals surface area (Å²) in [6, 6.07) is 7.04. The smallest absolute Gasteiger partial charge is 0.0665 e. The largest absolute Gasteiger partial charge is 0.376 e. The lowest BCUT2D eigenvalue weighted by molar-refractivity contribution is 0.00409. The summed E-state index contributed by atoms with van der Waals surface area (Å²) < 4.78 is 6.25. The molecule has 1 aromatic rings. The van der Waals surface area contributed by atoms with E-state index in [1.54, 1.807) is 0 Å². The van der Waals surface area contributed by atoms with E-state index in [0.717, 1.165) is 19.1 Å². The molecule has 1 aliphatic rings. The molecule has 0 spiro atoms. The Balaban J connectivity index is 1.98. The predicted octanol–water partition coefficient (Wildman–Crippen LogP) is 4.55. The number of aryl methyl sites for hydroxylation is 2. The number of nitrogens with one attached hydrogen (secondary N) is 1. The van der Waals surface area contributed by atoms with Crippen molar-refractivity contribution in [3.8, 4) is 0 Å². The van der Waals surface area contributed by atoms with Crippen molar-refractivity contribution < 1.29 is 4.74 Å². The van der Waals surface area contributed by atoms with Gasteiger partial charge in [-0.1, -0.05) is 50.5 Å². The third-order valence-electron chi connectivity index (χ3n) is 4.64. The number of hydrogen-bond donors (Lipinski definition) is 1. The lowest BCUT2D eigenvalue weighted by Crippen LogP contribution is -2.30. The van der Waals surface area contributed by atoms with Crippen LogP contribution in [-0.4, -0.2) is 19.3 Å². The van der Waals surface area contributed by atoms with E-state index in [1.807, 2.05) is 0 Å². The van der Waals surface area contributed by atoms with Crippen molar-refractivity contribution in [2.45, 2.75) is 65.5 Å². The number of likely N-dealkylation sites (N-methyl/N-ethyl adjacent to an activating group) is 1. The van der Waals surface area contributed by atoms with Gasteiger partial charge < -0.3 is 10.1 Å². The van der Waals surface area contributed by atoms with Gasteiger partial charge in [0.25, 0.3) is 0 Å². The van der Waals surface area contributed by atoms with Crippen LogP contribution in [-0.2, 0) is 4.74 Å². The third-order valence-corrected chi connectivity index (χ3v) is 4.64. The Bertz CT molecular complexity index is 443. The van der Waals surface area contributed by atoms with Crippen LogP contribution in [0.4, 0.5) is 0 Å². The van der Waals surface area contributed by atoms with Crippen LogP contribution in [0.3, 0.4) is 0 Å². The summed E-state index contributed by atoms with van der Waals surface area (Å²) in [5.41, 5.74) is 4.07. The Hall–Kier alpha value is -0.860. The molecule has 0 aromatic heterocycles. The summed E-state index contributed by atoms with van der Waals surface area (Å²) in [6.07, 6.45) is 5.61. The fraction of sp³-hybridized carbons (Fsp3) is 0.684. The molecule has 2 rings (SSSR count). The summed E-state index contributed by atoms with van der Waals surface area (Å²) in [4.78, 5) is 0. The highest BCUT2D eigenvalue weighted by Crippen LogP contribution is 2.27. The Morgan fingerprint density at radius 3 is 2.76 bits per heavy atom. The molecule has 0 bridgehead atoms. The molecule has 21 heavy (non-hydrogen) atoms. The second-order valence-corrected chi connectivity index (χ2v) is 6.70. The first-order valence-electron chi connectivity index (χ1n) is 8.52. The summed E-state index contributed by atoms with van der Waals surface area (Å²) in [6.45, 7) is 10.6. The molecule has 0 radical (unpaired) electrons. The van der Waals surface area contributed by atoms with E-state index in [4.69, 9.17) is 4.74 Å². The van der Waals surface area contributed by atoms with Gasteiger partial charge >= 0.3 is 0 Å². The van der Waals surface area contributed by atoms with Crippen LogP contribution < -0.4 is 5.32 Å². The molecular formula is C19H31NO. The molecule has 2 nitrogen and oxygen atoms in total. The van der Waals surface area contributed by atoms with Crippen molar-refractivity contribution in [3.63, 3.8) is 0 Å². The normalized spacial score (nSPS) is 24.0. The first-order chi connectivity index (χ1) is 10.1. The van der Waals surface area contributed by atoms with Gasteiger partial charge in [0.15, 0.2) is 0 Å². The lowest BCUT2D eigenvalue weighted by Gasteiger charge is -2.29. The molecule has 3 atom stereocenters. The SMILES string of the molecule is CCNC(COC1CCCC(C)C1)c1ccc(C)cc1C. The maximum Gasteiger partial charge on any atom is 0.0665 e. The van der Waals surface area contributed by atoms with Crippen LogP contribution >= 0.6 is 0 Å². The number of ether oxygens (including phenoxy) is 1. The molecule has 0 amide bonds. The first kappa shape index (κ1) is 16.5. The summed E-state index contributed by atoms with van der Waals surface area (Å²) in [5, 5.41) is 3.58. The highest BCUT2D eigenvalue weighted by atomic mass is 16.5. The Kier molecular flexibility index (Phi) is 6.25. The van der Waals surface area contributed by atoms with Crippen LogP contribution in [0.15, 0.2) is 18.2 Å². The highest BCUT2D eigenvalue weighted by Gasteiger charge is 2.21. The van der Waals surface area contributed by atoms with Gasteiger partial charge in [-0.15, -0.1) is 0 Å². The van der Waals surface area contributed by atoms with E-state index >= 15 is 0 Å². The summed E-state index contributed by atoms with van der Waals surface area (Å²) in [5.74, 6) is 0.822. The average Bonchev–Trinajstić information content (AvgIpc) is 2.44. The quantitative estimate of drug-likeness (QED) is 0.829. The van der Waals surface area contributed by atoms with Crippen molar-refractivity contribution in [2.75, 3.05) is 13.2 Å². The van der Waals surface area contributed by atoms with Gasteiger partial charge in [-0.25, -0.2) is 0 Å². The van der Waals surface area contributed by atoms with Crippen LogP contribution in [0.2, 0.25) is 0 Å². The minimum Gasteiger partial charge on any atom is -0.376 e. The molecule has 0 heterocycles. The first-order valence-corrected chi connectivity index (χ1v) is 8.52. The zero-order valence-electron chi connectivity index (χ0n) is 14.1. The van der Waals surface area contributed by atoms with Gasteiger partial charge in [-0.3, -0.25) is 0 Å². The van der Waals surface area contributed by atoms with Crippen molar-refractivity contribution in [3.05, 3.63) is 34.9 Å². The molecule has 1 aromatic carbocycles. The van der Waals surface area contributed by atoms with Gasteiger partial charge in [0, 0.05) is 0 Å². The molecule has 1 fully saturated rings. The van der Waals surface area contributed by atoms with Gasteiger partial charge in [0.2, 0.25) is 0 Å². The van der Waals surface area contributed by atoms with E-state index in [1.165, 1.54) is 42.4 Å². The Morgan fingerprint density at radius 1 is 1.29 bits per heavy atom. The average molecular weight is 289 g/mol. The van der Waals surface area contributed by atoms with Crippen LogP contribution in [0.25, 0.3) is 0 Å². The van der Waals surface area contributed by atoms with Crippen LogP contribution in [0.1, 0.15) is 62.3 Å². The molecule has 1 aliphatic carbocycles. The summed E-state index contributed by atoms with van der Waals surface area (Å²) >= 11 is 0. The van der Waals surface area contributed by atoms with E-state index in [0.29, 0.717) is 12.1 Å². The van der Waals surface area contributed by atoms with Gasteiger partial charge in [0.1, 0.15) is 0 Å². The summed E-state index contributed by atoms with van der Waals surface area (Å²) in [7, 11) is 0. The molecule has 118 valence electrons.